The second kappa shape index (κ2) is 10.5. The fourth-order valence-electron chi connectivity index (χ4n) is 2.34. The summed E-state index contributed by atoms with van der Waals surface area (Å²) in [6.45, 7) is 5.64. The number of nitrogens with one attached hydrogen (secondary N) is 3. The summed E-state index contributed by atoms with van der Waals surface area (Å²) in [5.41, 5.74) is 1.85. The lowest BCUT2D eigenvalue weighted by molar-refractivity contribution is 0.0954. The minimum absolute atomic E-state index is 0.223. The Morgan fingerprint density at radius 1 is 1.11 bits per heavy atom. The van der Waals surface area contributed by atoms with E-state index in [1.54, 1.807) is 37.3 Å². The lowest BCUT2D eigenvalue weighted by Gasteiger charge is -2.12. The van der Waals surface area contributed by atoms with E-state index in [1.807, 2.05) is 13.0 Å². The van der Waals surface area contributed by atoms with Crippen LogP contribution in [-0.4, -0.2) is 31.5 Å². The zero-order valence-electron chi connectivity index (χ0n) is 15.5. The number of hydrogen-bond acceptors (Lipinski definition) is 2. The van der Waals surface area contributed by atoms with Crippen LogP contribution in [0.25, 0.3) is 0 Å². The van der Waals surface area contributed by atoms with E-state index in [1.165, 1.54) is 6.07 Å². The van der Waals surface area contributed by atoms with Gasteiger partial charge in [-0.25, -0.2) is 9.38 Å². The molecular formula is C20H24ClFN4O. The summed E-state index contributed by atoms with van der Waals surface area (Å²) in [6, 6.07) is 12.0. The van der Waals surface area contributed by atoms with Crippen LogP contribution in [0.5, 0.6) is 0 Å². The first-order valence-corrected chi connectivity index (χ1v) is 9.19. The summed E-state index contributed by atoms with van der Waals surface area (Å²) >= 11 is 6.01. The van der Waals surface area contributed by atoms with Crippen molar-refractivity contribution in [3.05, 3.63) is 70.0 Å². The molecule has 0 saturated heterocycles. The predicted octanol–water partition coefficient (Wildman–Crippen LogP) is 3.27. The predicted molar refractivity (Wildman–Crippen MR) is 108 cm³/mol. The summed E-state index contributed by atoms with van der Waals surface area (Å²) in [4.78, 5) is 16.5. The first-order valence-electron chi connectivity index (χ1n) is 8.81. The molecule has 0 unspecified atom stereocenters. The van der Waals surface area contributed by atoms with Gasteiger partial charge >= 0.3 is 0 Å². The fraction of sp³-hybridized carbons (Fsp3) is 0.300. The molecule has 3 N–H and O–H groups in total. The molecule has 0 aliphatic rings. The van der Waals surface area contributed by atoms with Gasteiger partial charge in [-0.15, -0.1) is 0 Å². The summed E-state index contributed by atoms with van der Waals surface area (Å²) in [5.74, 6) is 0.146. The minimum Gasteiger partial charge on any atom is -0.357 e. The molecule has 2 aromatic rings. The molecule has 0 saturated carbocycles. The van der Waals surface area contributed by atoms with Crippen LogP contribution in [0.4, 0.5) is 4.39 Å². The third-order valence-electron chi connectivity index (χ3n) is 3.82. The van der Waals surface area contributed by atoms with E-state index in [2.05, 4.69) is 20.9 Å². The molecule has 2 rings (SSSR count). The molecule has 0 radical (unpaired) electrons. The zero-order valence-corrected chi connectivity index (χ0v) is 16.2. The maximum absolute atomic E-state index is 13.6. The van der Waals surface area contributed by atoms with Crippen molar-refractivity contribution in [2.45, 2.75) is 20.4 Å². The first kappa shape index (κ1) is 20.7. The van der Waals surface area contributed by atoms with E-state index in [0.29, 0.717) is 48.3 Å². The van der Waals surface area contributed by atoms with Gasteiger partial charge in [0.1, 0.15) is 5.82 Å². The van der Waals surface area contributed by atoms with Crippen LogP contribution >= 0.6 is 11.6 Å². The number of nitrogens with zero attached hydrogens (tertiary/aromatic N) is 1. The van der Waals surface area contributed by atoms with Gasteiger partial charge in [0, 0.05) is 19.6 Å². The lowest BCUT2D eigenvalue weighted by atomic mass is 10.1. The van der Waals surface area contributed by atoms with Crippen molar-refractivity contribution in [2.24, 2.45) is 4.99 Å². The van der Waals surface area contributed by atoms with E-state index in [-0.39, 0.29) is 11.7 Å². The molecular weight excluding hydrogens is 367 g/mol. The maximum Gasteiger partial charge on any atom is 0.252 e. The number of guanidine groups is 1. The zero-order chi connectivity index (χ0) is 19.6. The molecule has 0 heterocycles. The molecule has 7 heteroatoms. The van der Waals surface area contributed by atoms with Gasteiger partial charge in [0.25, 0.3) is 5.91 Å². The van der Waals surface area contributed by atoms with E-state index < -0.39 is 0 Å². The summed E-state index contributed by atoms with van der Waals surface area (Å²) in [7, 11) is 0. The Labute approximate surface area is 164 Å². The second-order valence-electron chi connectivity index (χ2n) is 5.94. The van der Waals surface area contributed by atoms with Gasteiger partial charge in [0.2, 0.25) is 0 Å². The van der Waals surface area contributed by atoms with Gasteiger partial charge in [0.05, 0.1) is 17.1 Å². The Balaban J connectivity index is 1.84. The number of amides is 1. The van der Waals surface area contributed by atoms with Crippen molar-refractivity contribution in [3.63, 3.8) is 0 Å². The molecule has 0 bridgehead atoms. The van der Waals surface area contributed by atoms with Crippen LogP contribution in [0.2, 0.25) is 5.02 Å². The van der Waals surface area contributed by atoms with Gasteiger partial charge in [-0.1, -0.05) is 35.9 Å². The normalized spacial score (nSPS) is 11.2. The molecule has 0 spiro atoms. The third-order valence-corrected chi connectivity index (χ3v) is 4.15. The van der Waals surface area contributed by atoms with Crippen LogP contribution in [0.15, 0.2) is 47.5 Å². The molecule has 27 heavy (non-hydrogen) atoms. The Bertz CT molecular complexity index is 810. The van der Waals surface area contributed by atoms with Gasteiger partial charge in [-0.3, -0.25) is 4.79 Å². The number of benzene rings is 2. The molecule has 2 aromatic carbocycles. The summed E-state index contributed by atoms with van der Waals surface area (Å²) in [6.07, 6.45) is 0. The van der Waals surface area contributed by atoms with Crippen molar-refractivity contribution in [1.29, 1.82) is 0 Å². The highest BCUT2D eigenvalue weighted by Crippen LogP contribution is 2.14. The Kier molecular flexibility index (Phi) is 8.07. The number of carbonyl (C=O) groups excluding carboxylic acids is 1. The van der Waals surface area contributed by atoms with E-state index in [9.17, 15) is 9.18 Å². The van der Waals surface area contributed by atoms with Crippen LogP contribution in [-0.2, 0) is 6.54 Å². The van der Waals surface area contributed by atoms with Crippen molar-refractivity contribution >= 4 is 23.5 Å². The van der Waals surface area contributed by atoms with Gasteiger partial charge in [-0.05, 0) is 43.2 Å². The molecule has 5 nitrogen and oxygen atoms in total. The number of aryl methyl sites for hydroxylation is 1. The average Bonchev–Trinajstić information content (AvgIpc) is 2.66. The van der Waals surface area contributed by atoms with E-state index >= 15 is 0 Å². The number of hydrogen-bond donors (Lipinski definition) is 3. The Morgan fingerprint density at radius 3 is 2.56 bits per heavy atom. The third kappa shape index (κ3) is 6.57. The number of rotatable bonds is 7. The topological polar surface area (TPSA) is 65.5 Å². The quantitative estimate of drug-likeness (QED) is 0.386. The van der Waals surface area contributed by atoms with Gasteiger partial charge in [-0.2, -0.15) is 0 Å². The molecule has 0 aliphatic carbocycles. The van der Waals surface area contributed by atoms with E-state index in [4.69, 9.17) is 11.6 Å². The van der Waals surface area contributed by atoms with Crippen LogP contribution in [0.1, 0.15) is 28.4 Å². The highest BCUT2D eigenvalue weighted by Gasteiger charge is 2.08. The SMILES string of the molecule is CCNC(=NCc1ccc(C)c(F)c1)NCCNC(=O)c1ccccc1Cl. The van der Waals surface area contributed by atoms with Crippen molar-refractivity contribution in [2.75, 3.05) is 19.6 Å². The Morgan fingerprint density at radius 2 is 1.85 bits per heavy atom. The standard InChI is InChI=1S/C20H24ClFN4O/c1-3-23-20(26-13-15-9-8-14(2)18(22)12-15)25-11-10-24-19(27)16-6-4-5-7-17(16)21/h4-9,12H,3,10-11,13H2,1-2H3,(H,24,27)(H2,23,25,26). The summed E-state index contributed by atoms with van der Waals surface area (Å²) < 4.78 is 13.6. The van der Waals surface area contributed by atoms with Gasteiger partial charge in [0.15, 0.2) is 5.96 Å². The molecule has 1 amide bonds. The molecule has 0 fully saturated rings. The largest absolute Gasteiger partial charge is 0.357 e. The minimum atomic E-state index is -0.233. The van der Waals surface area contributed by atoms with Crippen LogP contribution < -0.4 is 16.0 Å². The number of halogens is 2. The highest BCUT2D eigenvalue weighted by molar-refractivity contribution is 6.33. The van der Waals surface area contributed by atoms with Crippen molar-refractivity contribution in [3.8, 4) is 0 Å². The molecule has 144 valence electrons. The van der Waals surface area contributed by atoms with E-state index in [0.717, 1.165) is 5.56 Å². The second-order valence-corrected chi connectivity index (χ2v) is 6.35. The van der Waals surface area contributed by atoms with Crippen molar-refractivity contribution < 1.29 is 9.18 Å². The smallest absolute Gasteiger partial charge is 0.252 e. The highest BCUT2D eigenvalue weighted by atomic mass is 35.5. The Hall–Kier alpha value is -2.60. The lowest BCUT2D eigenvalue weighted by Crippen LogP contribution is -2.41. The fourth-order valence-corrected chi connectivity index (χ4v) is 2.57. The van der Waals surface area contributed by atoms with Crippen molar-refractivity contribution in [1.82, 2.24) is 16.0 Å². The number of carbonyl (C=O) groups is 1. The van der Waals surface area contributed by atoms with Crippen LogP contribution in [0.3, 0.4) is 0 Å². The summed E-state index contributed by atoms with van der Waals surface area (Å²) in [5, 5.41) is 9.48. The first-order chi connectivity index (χ1) is 13.0. The molecule has 0 atom stereocenters. The monoisotopic (exact) mass is 390 g/mol. The van der Waals surface area contributed by atoms with Gasteiger partial charge < -0.3 is 16.0 Å². The average molecular weight is 391 g/mol. The maximum atomic E-state index is 13.6. The van der Waals surface area contributed by atoms with Crippen LogP contribution in [0, 0.1) is 12.7 Å². The molecule has 0 aliphatic heterocycles. The number of aliphatic imine (C=N–C) groups is 1. The molecule has 0 aromatic heterocycles.